The number of aliphatic hydroxyl groups excluding tert-OH is 1. The predicted molar refractivity (Wildman–Crippen MR) is 94.8 cm³/mol. The van der Waals surface area contributed by atoms with Crippen LogP contribution in [0.3, 0.4) is 0 Å². The van der Waals surface area contributed by atoms with Gasteiger partial charge >= 0.3 is 0 Å². The number of carbonyl (C=O) groups excluding carboxylic acids is 1. The van der Waals surface area contributed by atoms with Crippen LogP contribution in [0.15, 0.2) is 22.8 Å². The summed E-state index contributed by atoms with van der Waals surface area (Å²) in [5.74, 6) is 1.51. The lowest BCUT2D eigenvalue weighted by Gasteiger charge is -2.37. The Labute approximate surface area is 150 Å². The highest BCUT2D eigenvalue weighted by Gasteiger charge is 2.56. The third-order valence-corrected chi connectivity index (χ3v) is 7.02. The first kappa shape index (κ1) is 17.1. The van der Waals surface area contributed by atoms with E-state index in [1.165, 1.54) is 0 Å². The number of aliphatic hydroxyl groups is 1. The molecular formula is C20H30N2O3. The summed E-state index contributed by atoms with van der Waals surface area (Å²) >= 11 is 0. The summed E-state index contributed by atoms with van der Waals surface area (Å²) in [7, 11) is 0. The number of piperidine rings is 1. The molecule has 1 amide bonds. The van der Waals surface area contributed by atoms with Gasteiger partial charge in [0.25, 0.3) is 0 Å². The molecule has 0 aliphatic carbocycles. The van der Waals surface area contributed by atoms with E-state index in [0.717, 1.165) is 63.9 Å². The number of carbonyl (C=O) groups is 1. The van der Waals surface area contributed by atoms with Gasteiger partial charge in [0, 0.05) is 23.4 Å². The van der Waals surface area contributed by atoms with Crippen molar-refractivity contribution in [1.82, 2.24) is 9.80 Å². The first-order valence-electron chi connectivity index (χ1n) is 9.84. The molecule has 1 N–H and O–H groups in total. The average Bonchev–Trinajstić information content (AvgIpc) is 3.37. The maximum atomic E-state index is 13.2. The van der Waals surface area contributed by atoms with Crippen LogP contribution in [0.5, 0.6) is 0 Å². The maximum Gasteiger partial charge on any atom is 0.226 e. The second kappa shape index (κ2) is 6.76. The van der Waals surface area contributed by atoms with Crippen LogP contribution < -0.4 is 0 Å². The lowest BCUT2D eigenvalue weighted by Crippen LogP contribution is -2.47. The van der Waals surface area contributed by atoms with Gasteiger partial charge < -0.3 is 14.4 Å². The second-order valence-electron chi connectivity index (χ2n) is 8.20. The van der Waals surface area contributed by atoms with Crippen molar-refractivity contribution in [1.29, 1.82) is 0 Å². The number of amides is 1. The Morgan fingerprint density at radius 2 is 2.12 bits per heavy atom. The van der Waals surface area contributed by atoms with E-state index in [1.807, 2.05) is 12.1 Å². The van der Waals surface area contributed by atoms with E-state index in [2.05, 4.69) is 16.7 Å². The molecule has 25 heavy (non-hydrogen) atoms. The highest BCUT2D eigenvalue weighted by Crippen LogP contribution is 2.52. The van der Waals surface area contributed by atoms with Gasteiger partial charge in [0.2, 0.25) is 5.91 Å². The minimum Gasteiger partial charge on any atom is -0.468 e. The highest BCUT2D eigenvalue weighted by molar-refractivity contribution is 5.80. The van der Waals surface area contributed by atoms with Gasteiger partial charge in [-0.3, -0.25) is 9.69 Å². The molecule has 3 saturated heterocycles. The maximum absolute atomic E-state index is 13.2. The van der Waals surface area contributed by atoms with Crippen molar-refractivity contribution in [2.75, 3.05) is 19.7 Å². The number of rotatable bonds is 5. The summed E-state index contributed by atoms with van der Waals surface area (Å²) in [6, 6.07) is 4.57. The first-order valence-corrected chi connectivity index (χ1v) is 9.84. The molecule has 138 valence electrons. The van der Waals surface area contributed by atoms with Crippen LogP contribution in [0, 0.1) is 11.3 Å². The van der Waals surface area contributed by atoms with E-state index in [0.29, 0.717) is 11.9 Å². The van der Waals surface area contributed by atoms with E-state index >= 15 is 0 Å². The van der Waals surface area contributed by atoms with E-state index < -0.39 is 0 Å². The molecule has 3 aliphatic heterocycles. The second-order valence-corrected chi connectivity index (χ2v) is 8.20. The Morgan fingerprint density at radius 3 is 2.72 bits per heavy atom. The smallest absolute Gasteiger partial charge is 0.226 e. The van der Waals surface area contributed by atoms with Crippen molar-refractivity contribution >= 4 is 5.91 Å². The van der Waals surface area contributed by atoms with Gasteiger partial charge in [0.05, 0.1) is 19.4 Å². The van der Waals surface area contributed by atoms with Crippen LogP contribution in [0.4, 0.5) is 0 Å². The molecule has 3 atom stereocenters. The Kier molecular flexibility index (Phi) is 4.63. The summed E-state index contributed by atoms with van der Waals surface area (Å²) in [6.07, 6.45) is 7.75. The number of nitrogens with zero attached hydrogens (tertiary/aromatic N) is 2. The molecule has 0 saturated carbocycles. The van der Waals surface area contributed by atoms with E-state index in [-0.39, 0.29) is 24.0 Å². The monoisotopic (exact) mass is 346 g/mol. The zero-order chi connectivity index (χ0) is 17.4. The summed E-state index contributed by atoms with van der Waals surface area (Å²) in [5, 5.41) is 9.95. The Morgan fingerprint density at radius 1 is 1.32 bits per heavy atom. The van der Waals surface area contributed by atoms with Crippen molar-refractivity contribution < 1.29 is 14.3 Å². The Bertz CT molecular complexity index is 588. The fourth-order valence-electron chi connectivity index (χ4n) is 5.46. The molecule has 0 unspecified atom stereocenters. The standard InChI is InChI=1S/C20H30N2O3/c1-2-20(14-23)12-16-5-6-18(20)22(16)19(24)15-7-9-21(10-8-15)13-17-4-3-11-25-17/h3-4,11,15-16,18,23H,2,5-10,12-14H2,1H3/t16-,18+,20-/m1/s1. The number of furan rings is 1. The van der Waals surface area contributed by atoms with Crippen LogP contribution in [0.25, 0.3) is 0 Å². The van der Waals surface area contributed by atoms with Gasteiger partial charge in [0.1, 0.15) is 5.76 Å². The molecule has 0 spiro atoms. The van der Waals surface area contributed by atoms with Crippen molar-refractivity contribution in [3.63, 3.8) is 0 Å². The van der Waals surface area contributed by atoms with Gasteiger partial charge in [-0.25, -0.2) is 0 Å². The number of hydrogen-bond acceptors (Lipinski definition) is 4. The molecule has 0 radical (unpaired) electrons. The number of likely N-dealkylation sites (tertiary alicyclic amines) is 1. The van der Waals surface area contributed by atoms with E-state index in [1.54, 1.807) is 6.26 Å². The highest BCUT2D eigenvalue weighted by atomic mass is 16.3. The zero-order valence-electron chi connectivity index (χ0n) is 15.2. The van der Waals surface area contributed by atoms with Crippen LogP contribution in [0.2, 0.25) is 0 Å². The fraction of sp³-hybridized carbons (Fsp3) is 0.750. The van der Waals surface area contributed by atoms with Gasteiger partial charge in [-0.1, -0.05) is 6.92 Å². The lowest BCUT2D eigenvalue weighted by molar-refractivity contribution is -0.139. The summed E-state index contributed by atoms with van der Waals surface area (Å²) < 4.78 is 5.44. The molecule has 0 aromatic carbocycles. The SMILES string of the molecule is CC[C@]1(CO)C[C@H]2CC[C@@H]1N2C(=O)C1CCN(Cc2ccco2)CC1. The van der Waals surface area contributed by atoms with Crippen molar-refractivity contribution in [2.45, 2.75) is 64.1 Å². The Balaban J connectivity index is 1.36. The molecule has 4 rings (SSSR count). The number of hydrogen-bond donors (Lipinski definition) is 1. The van der Waals surface area contributed by atoms with Gasteiger partial charge in [-0.2, -0.15) is 0 Å². The van der Waals surface area contributed by atoms with Crippen molar-refractivity contribution in [3.8, 4) is 0 Å². The minimum atomic E-state index is -0.0431. The van der Waals surface area contributed by atoms with Gasteiger partial charge in [0.15, 0.2) is 0 Å². The van der Waals surface area contributed by atoms with Crippen LogP contribution in [-0.2, 0) is 11.3 Å². The summed E-state index contributed by atoms with van der Waals surface area (Å²) in [5.41, 5.74) is -0.0431. The molecule has 3 aliphatic rings. The van der Waals surface area contributed by atoms with Crippen LogP contribution in [0.1, 0.15) is 51.2 Å². The molecule has 2 bridgehead atoms. The summed E-state index contributed by atoms with van der Waals surface area (Å²) in [4.78, 5) is 17.8. The molecule has 5 heteroatoms. The third kappa shape index (κ3) is 2.91. The molecule has 1 aromatic rings. The molecule has 1 aromatic heterocycles. The van der Waals surface area contributed by atoms with E-state index in [4.69, 9.17) is 4.42 Å². The molecule has 3 fully saturated rings. The largest absolute Gasteiger partial charge is 0.468 e. The van der Waals surface area contributed by atoms with Crippen molar-refractivity contribution in [3.05, 3.63) is 24.2 Å². The molecule has 5 nitrogen and oxygen atoms in total. The third-order valence-electron chi connectivity index (χ3n) is 7.02. The number of fused-ring (bicyclic) bond motifs is 2. The average molecular weight is 346 g/mol. The van der Waals surface area contributed by atoms with Crippen LogP contribution >= 0.6 is 0 Å². The lowest BCUT2D eigenvalue weighted by atomic mass is 9.72. The van der Waals surface area contributed by atoms with Crippen LogP contribution in [-0.4, -0.2) is 52.6 Å². The molecule has 4 heterocycles. The fourth-order valence-corrected chi connectivity index (χ4v) is 5.46. The minimum absolute atomic E-state index is 0.0431. The van der Waals surface area contributed by atoms with Gasteiger partial charge in [-0.05, 0) is 63.7 Å². The first-order chi connectivity index (χ1) is 12.2. The quantitative estimate of drug-likeness (QED) is 0.890. The zero-order valence-corrected chi connectivity index (χ0v) is 15.2. The van der Waals surface area contributed by atoms with Crippen molar-refractivity contribution in [2.24, 2.45) is 11.3 Å². The normalized spacial score (nSPS) is 33.3. The predicted octanol–water partition coefficient (Wildman–Crippen LogP) is 2.64. The molecular weight excluding hydrogens is 316 g/mol. The Hall–Kier alpha value is -1.33. The van der Waals surface area contributed by atoms with Gasteiger partial charge in [-0.15, -0.1) is 0 Å². The summed E-state index contributed by atoms with van der Waals surface area (Å²) in [6.45, 7) is 5.13. The topological polar surface area (TPSA) is 56.9 Å². The van der Waals surface area contributed by atoms with E-state index in [9.17, 15) is 9.90 Å².